The first-order chi connectivity index (χ1) is 11.8. The van der Waals surface area contributed by atoms with E-state index in [2.05, 4.69) is 101 Å². The van der Waals surface area contributed by atoms with Gasteiger partial charge in [-0.1, -0.05) is 53.9 Å². The number of rotatable bonds is 10. The van der Waals surface area contributed by atoms with Gasteiger partial charge in [0, 0.05) is 0 Å². The average molecular weight is 466 g/mol. The van der Waals surface area contributed by atoms with Crippen LogP contribution in [0.25, 0.3) is 10.6 Å². The van der Waals surface area contributed by atoms with Gasteiger partial charge >= 0.3 is 90.7 Å². The van der Waals surface area contributed by atoms with Crippen LogP contribution in [0.2, 0.25) is 0 Å². The van der Waals surface area contributed by atoms with Crippen LogP contribution in [0.4, 0.5) is 0 Å². The van der Waals surface area contributed by atoms with Crippen molar-refractivity contribution in [1.82, 2.24) is 0 Å². The molecule has 0 saturated carbocycles. The number of hydrogen-bond acceptors (Lipinski definition) is 2. The van der Waals surface area contributed by atoms with E-state index in [1.54, 1.807) is 0 Å². The summed E-state index contributed by atoms with van der Waals surface area (Å²) in [6.45, 7) is 26.0. The summed E-state index contributed by atoms with van der Waals surface area (Å²) >= 11 is -0.492. The standard InChI is InChI=1S/C11H24N2.2C5H11N.CH3.Mo/c1-7-10(6)11(12-8(2)3)13-9(4)5;2*1-4-5(2,3)6;;/h8-11H,7H2,1-6H3;2*4H2,1-3H3;1H3;/q-2;;;-1;. The van der Waals surface area contributed by atoms with Crippen LogP contribution in [0.1, 0.15) is 102 Å². The van der Waals surface area contributed by atoms with Gasteiger partial charge in [0.2, 0.25) is 0 Å². The first-order valence-corrected chi connectivity index (χ1v) is 12.1. The molecule has 0 aliphatic rings. The van der Waals surface area contributed by atoms with E-state index in [0.29, 0.717) is 18.0 Å². The first-order valence-electron chi connectivity index (χ1n) is 10.3. The Bertz CT molecular complexity index is 381. The maximum Gasteiger partial charge on any atom is -0.0566 e. The summed E-state index contributed by atoms with van der Waals surface area (Å²) in [5.41, 5.74) is 0.297. The molecule has 1 atom stereocenters. The van der Waals surface area contributed by atoms with Gasteiger partial charge in [0.15, 0.2) is 0 Å². The molecule has 0 bridgehead atoms. The Labute approximate surface area is 180 Å². The van der Waals surface area contributed by atoms with Gasteiger partial charge in [0.1, 0.15) is 0 Å². The monoisotopic (exact) mass is 467 g/mol. The molecule has 0 radical (unpaired) electrons. The van der Waals surface area contributed by atoms with E-state index in [4.69, 9.17) is 0 Å². The van der Waals surface area contributed by atoms with Crippen molar-refractivity contribution in [3.8, 4) is 0 Å². The largest absolute Gasteiger partial charge is 0.675 e. The third kappa shape index (κ3) is 19.3. The normalized spacial score (nSPS) is 13.0. The zero-order valence-electron chi connectivity index (χ0n) is 20.6. The summed E-state index contributed by atoms with van der Waals surface area (Å²) in [6.07, 6.45) is 3.57. The van der Waals surface area contributed by atoms with Gasteiger partial charge in [0.25, 0.3) is 0 Å². The molecule has 5 heteroatoms. The zero-order chi connectivity index (χ0) is 21.0. The van der Waals surface area contributed by atoms with E-state index < -0.39 is 18.2 Å². The molecule has 27 heavy (non-hydrogen) atoms. The van der Waals surface area contributed by atoms with Crippen molar-refractivity contribution in [1.29, 1.82) is 0 Å². The second kappa shape index (κ2) is 16.1. The van der Waals surface area contributed by atoms with Crippen molar-refractivity contribution < 1.29 is 18.2 Å². The molecule has 0 aliphatic heterocycles. The molecule has 0 aromatic heterocycles. The van der Waals surface area contributed by atoms with Gasteiger partial charge in [-0.2, -0.15) is 0 Å². The number of nitrogens with zero attached hydrogens (tertiary/aromatic N) is 4. The molecular formula is C22H49MoN4-3. The Hall–Kier alpha value is 0.208. The molecule has 0 heterocycles. The Morgan fingerprint density at radius 1 is 0.741 bits per heavy atom. The predicted octanol–water partition coefficient (Wildman–Crippen LogP) is 8.19. The minimum atomic E-state index is -0.492. The molecule has 0 aromatic carbocycles. The van der Waals surface area contributed by atoms with Gasteiger partial charge < -0.3 is 18.1 Å². The van der Waals surface area contributed by atoms with E-state index in [9.17, 15) is 0 Å². The topological polar surface area (TPSA) is 52.9 Å². The van der Waals surface area contributed by atoms with Crippen LogP contribution in [-0.2, 0) is 18.2 Å². The molecular weight excluding hydrogens is 416 g/mol. The van der Waals surface area contributed by atoms with Gasteiger partial charge in [-0.15, -0.1) is 12.1 Å². The molecule has 0 aromatic rings. The van der Waals surface area contributed by atoms with Crippen LogP contribution in [0, 0.1) is 13.3 Å². The SMILES string of the molecule is CCC(C)(C)[N]=[Mo]=[N]C(C)(C)CC.CCC(C)C([N-]C(C)C)[N-]C(C)C.[CH3-]. The van der Waals surface area contributed by atoms with Crippen LogP contribution in [0.3, 0.4) is 0 Å². The molecule has 0 saturated heterocycles. The van der Waals surface area contributed by atoms with Gasteiger partial charge in [-0.25, -0.2) is 6.17 Å². The van der Waals surface area contributed by atoms with Crippen LogP contribution in [0.5, 0.6) is 0 Å². The van der Waals surface area contributed by atoms with Gasteiger partial charge in [-0.05, 0) is 0 Å². The van der Waals surface area contributed by atoms with Crippen LogP contribution in [0.15, 0.2) is 6.99 Å². The fourth-order valence-electron chi connectivity index (χ4n) is 1.52. The Kier molecular flexibility index (Phi) is 19.0. The Morgan fingerprint density at radius 3 is 1.30 bits per heavy atom. The number of hydrogen-bond donors (Lipinski definition) is 0. The van der Waals surface area contributed by atoms with Crippen LogP contribution in [-0.4, -0.2) is 29.3 Å². The second-order valence-electron chi connectivity index (χ2n) is 8.88. The molecule has 0 amide bonds. The average Bonchev–Trinajstić information content (AvgIpc) is 2.52. The third-order valence-corrected chi connectivity index (χ3v) is 7.19. The van der Waals surface area contributed by atoms with Crippen LogP contribution >= 0.6 is 0 Å². The van der Waals surface area contributed by atoms with Crippen molar-refractivity contribution in [2.24, 2.45) is 12.9 Å². The van der Waals surface area contributed by atoms with E-state index in [1.807, 2.05) is 0 Å². The third-order valence-electron chi connectivity index (χ3n) is 4.36. The molecule has 1 unspecified atom stereocenters. The maximum absolute atomic E-state index is 4.67. The summed E-state index contributed by atoms with van der Waals surface area (Å²) < 4.78 is 9.34. The Balaban J connectivity index is -0.000000411. The zero-order valence-corrected chi connectivity index (χ0v) is 22.6. The quantitative estimate of drug-likeness (QED) is 0.231. The Morgan fingerprint density at radius 2 is 1.07 bits per heavy atom. The molecule has 4 nitrogen and oxygen atoms in total. The summed E-state index contributed by atoms with van der Waals surface area (Å²) in [7, 11) is 0. The van der Waals surface area contributed by atoms with E-state index in [-0.39, 0.29) is 24.7 Å². The fourth-order valence-corrected chi connectivity index (χ4v) is 3.35. The summed E-state index contributed by atoms with van der Waals surface area (Å²) in [6, 6.07) is 0.781. The fraction of sp³-hybridized carbons (Fsp3) is 0.955. The molecule has 0 N–H and O–H groups in total. The van der Waals surface area contributed by atoms with E-state index in [1.165, 1.54) is 0 Å². The van der Waals surface area contributed by atoms with E-state index >= 15 is 0 Å². The van der Waals surface area contributed by atoms with Crippen molar-refractivity contribution in [3.63, 3.8) is 0 Å². The molecule has 0 fully saturated rings. The smallest absolute Gasteiger partial charge is 0.0566 e. The van der Waals surface area contributed by atoms with Crippen molar-refractivity contribution >= 4 is 0 Å². The van der Waals surface area contributed by atoms with E-state index in [0.717, 1.165) is 19.3 Å². The summed E-state index contributed by atoms with van der Waals surface area (Å²) in [5.74, 6) is 0.574. The maximum atomic E-state index is 4.67. The molecule has 166 valence electrons. The second-order valence-corrected chi connectivity index (χ2v) is 10.2. The van der Waals surface area contributed by atoms with Crippen molar-refractivity contribution in [3.05, 3.63) is 18.1 Å². The molecule has 0 spiro atoms. The molecule has 0 aliphatic carbocycles. The van der Waals surface area contributed by atoms with Gasteiger partial charge in [0.05, 0.1) is 0 Å². The summed E-state index contributed by atoms with van der Waals surface area (Å²) in [4.78, 5) is 0. The van der Waals surface area contributed by atoms with Gasteiger partial charge in [-0.3, -0.25) is 0 Å². The minimum Gasteiger partial charge on any atom is -0.675 e. The first kappa shape index (κ1) is 31.9. The van der Waals surface area contributed by atoms with Crippen molar-refractivity contribution in [2.45, 2.75) is 132 Å². The van der Waals surface area contributed by atoms with Crippen LogP contribution < -0.4 is 0 Å². The minimum absolute atomic E-state index is 0. The molecule has 0 rings (SSSR count). The van der Waals surface area contributed by atoms with Crippen molar-refractivity contribution in [2.75, 3.05) is 0 Å². The summed E-state index contributed by atoms with van der Waals surface area (Å²) in [5, 5.41) is 9.24. The predicted molar refractivity (Wildman–Crippen MR) is 120 cm³/mol.